The second-order valence-corrected chi connectivity index (χ2v) is 6.10. The van der Waals surface area contributed by atoms with Crippen molar-refractivity contribution in [1.29, 1.82) is 0 Å². The third-order valence-electron chi connectivity index (χ3n) is 4.35. The fraction of sp³-hybridized carbons (Fsp3) is 0.444. The van der Waals surface area contributed by atoms with Gasteiger partial charge in [0, 0.05) is 11.3 Å². The molecule has 8 nitrogen and oxygen atoms in total. The van der Waals surface area contributed by atoms with Crippen LogP contribution in [0, 0.1) is 0 Å². The maximum Gasteiger partial charge on any atom is 0.338 e. The van der Waals surface area contributed by atoms with Gasteiger partial charge in [-0.05, 0) is 29.8 Å². The second kappa shape index (κ2) is 7.99. The molecule has 0 saturated heterocycles. The van der Waals surface area contributed by atoms with Crippen LogP contribution in [0.2, 0.25) is 0 Å². The number of hydrogen-bond acceptors (Lipinski definition) is 7. The molecule has 1 atom stereocenters. The number of ether oxygens (including phenoxy) is 2. The van der Waals surface area contributed by atoms with Crippen molar-refractivity contribution < 1.29 is 14.3 Å². The highest BCUT2D eigenvalue weighted by Gasteiger charge is 2.36. The number of para-hydroxylation sites is 1. The molecule has 0 saturated carbocycles. The first-order valence-corrected chi connectivity index (χ1v) is 8.73. The van der Waals surface area contributed by atoms with E-state index in [0.717, 1.165) is 24.8 Å². The Morgan fingerprint density at radius 3 is 2.88 bits per heavy atom. The van der Waals surface area contributed by atoms with Gasteiger partial charge in [0.15, 0.2) is 0 Å². The average molecular weight is 357 g/mol. The van der Waals surface area contributed by atoms with Crippen LogP contribution in [-0.2, 0) is 9.53 Å². The monoisotopic (exact) mass is 357 g/mol. The van der Waals surface area contributed by atoms with E-state index in [2.05, 4.69) is 27.8 Å². The highest BCUT2D eigenvalue weighted by atomic mass is 16.5. The molecule has 0 amide bonds. The number of nitrogens with one attached hydrogen (secondary N) is 1. The van der Waals surface area contributed by atoms with Crippen molar-refractivity contribution in [3.05, 3.63) is 41.1 Å². The lowest BCUT2D eigenvalue weighted by Crippen LogP contribution is -2.30. The van der Waals surface area contributed by atoms with Crippen LogP contribution in [-0.4, -0.2) is 39.9 Å². The van der Waals surface area contributed by atoms with E-state index in [9.17, 15) is 4.79 Å². The quantitative estimate of drug-likeness (QED) is 0.602. The number of carbonyl (C=O) groups excluding carboxylic acids is 1. The van der Waals surface area contributed by atoms with Gasteiger partial charge in [0.1, 0.15) is 11.8 Å². The molecule has 1 aromatic heterocycles. The first-order chi connectivity index (χ1) is 12.7. The molecule has 1 aromatic carbocycles. The van der Waals surface area contributed by atoms with Crippen LogP contribution in [0.1, 0.15) is 44.7 Å². The molecule has 8 heteroatoms. The van der Waals surface area contributed by atoms with Crippen LogP contribution in [0.15, 0.2) is 35.5 Å². The summed E-state index contributed by atoms with van der Waals surface area (Å²) in [6.45, 7) is 4.32. The molecule has 0 radical (unpaired) electrons. The molecule has 1 N–H and O–H groups in total. The maximum atomic E-state index is 12.8. The molecule has 0 aliphatic carbocycles. The van der Waals surface area contributed by atoms with E-state index in [4.69, 9.17) is 9.47 Å². The van der Waals surface area contributed by atoms with Gasteiger partial charge >= 0.3 is 5.97 Å². The zero-order chi connectivity index (χ0) is 18.5. The van der Waals surface area contributed by atoms with Crippen LogP contribution in [0.4, 0.5) is 5.95 Å². The van der Waals surface area contributed by atoms with Crippen LogP contribution < -0.4 is 10.1 Å². The smallest absolute Gasteiger partial charge is 0.338 e. The minimum absolute atomic E-state index is 0.372. The Hall–Kier alpha value is -2.90. The summed E-state index contributed by atoms with van der Waals surface area (Å²) in [5, 5.41) is 14.8. The van der Waals surface area contributed by atoms with E-state index in [1.165, 1.54) is 0 Å². The van der Waals surface area contributed by atoms with Crippen molar-refractivity contribution in [3.8, 4) is 5.75 Å². The zero-order valence-corrected chi connectivity index (χ0v) is 15.2. The molecular weight excluding hydrogens is 334 g/mol. The Bertz CT molecular complexity index is 815. The molecule has 0 unspecified atom stereocenters. The third kappa shape index (κ3) is 3.40. The SMILES string of the molecule is CCCCCOC(=O)C1=C(C)Nc2nnnn2[C@H]1c1ccccc1OC. The van der Waals surface area contributed by atoms with Crippen LogP contribution >= 0.6 is 0 Å². The molecule has 1 aliphatic rings. The summed E-state index contributed by atoms with van der Waals surface area (Å²) < 4.78 is 12.6. The van der Waals surface area contributed by atoms with Crippen LogP contribution in [0.5, 0.6) is 5.75 Å². The minimum atomic E-state index is -0.518. The zero-order valence-electron chi connectivity index (χ0n) is 15.2. The van der Waals surface area contributed by atoms with Crippen molar-refractivity contribution in [2.45, 2.75) is 39.2 Å². The number of methoxy groups -OCH3 is 1. The van der Waals surface area contributed by atoms with E-state index in [-0.39, 0.29) is 5.97 Å². The lowest BCUT2D eigenvalue weighted by atomic mass is 9.95. The van der Waals surface area contributed by atoms with Gasteiger partial charge in [0.05, 0.1) is 19.3 Å². The van der Waals surface area contributed by atoms with E-state index >= 15 is 0 Å². The van der Waals surface area contributed by atoms with Crippen LogP contribution in [0.3, 0.4) is 0 Å². The Morgan fingerprint density at radius 1 is 1.31 bits per heavy atom. The number of allylic oxidation sites excluding steroid dienone is 1. The number of fused-ring (bicyclic) bond motifs is 1. The van der Waals surface area contributed by atoms with Gasteiger partial charge < -0.3 is 14.8 Å². The Balaban J connectivity index is 1.98. The number of nitrogens with zero attached hydrogens (tertiary/aromatic N) is 4. The standard InChI is InChI=1S/C18H23N5O3/c1-4-5-8-11-26-17(24)15-12(2)19-18-20-21-22-23(18)16(15)13-9-6-7-10-14(13)25-3/h6-7,9-10,16H,4-5,8,11H2,1-3H3,(H,19,20,22)/t16-/m0/s1. The van der Waals surface area contributed by atoms with Gasteiger partial charge in [-0.1, -0.05) is 43.1 Å². The fourth-order valence-corrected chi connectivity index (χ4v) is 3.05. The lowest BCUT2D eigenvalue weighted by Gasteiger charge is -2.28. The first kappa shape index (κ1) is 17.9. The van der Waals surface area contributed by atoms with Gasteiger partial charge in [0.25, 0.3) is 0 Å². The summed E-state index contributed by atoms with van der Waals surface area (Å²) in [6, 6.07) is 7.00. The summed E-state index contributed by atoms with van der Waals surface area (Å²) in [6.07, 6.45) is 2.94. The van der Waals surface area contributed by atoms with Crippen LogP contribution in [0.25, 0.3) is 0 Å². The minimum Gasteiger partial charge on any atom is -0.496 e. The largest absolute Gasteiger partial charge is 0.496 e. The van der Waals surface area contributed by atoms with E-state index in [0.29, 0.717) is 29.6 Å². The highest BCUT2D eigenvalue weighted by Crippen LogP contribution is 2.38. The van der Waals surface area contributed by atoms with E-state index < -0.39 is 6.04 Å². The van der Waals surface area contributed by atoms with Gasteiger partial charge in [-0.3, -0.25) is 0 Å². The Labute approximate surface area is 152 Å². The van der Waals surface area contributed by atoms with E-state index in [1.54, 1.807) is 11.8 Å². The lowest BCUT2D eigenvalue weighted by molar-refractivity contribution is -0.139. The number of esters is 1. The fourth-order valence-electron chi connectivity index (χ4n) is 3.05. The van der Waals surface area contributed by atoms with E-state index in [1.807, 2.05) is 31.2 Å². The predicted octanol–water partition coefficient (Wildman–Crippen LogP) is 2.70. The second-order valence-electron chi connectivity index (χ2n) is 6.10. The number of rotatable bonds is 7. The topological polar surface area (TPSA) is 91.2 Å². The number of tetrazole rings is 1. The molecule has 0 bridgehead atoms. The number of anilines is 1. The van der Waals surface area contributed by atoms with Gasteiger partial charge in [-0.2, -0.15) is 4.68 Å². The number of unbranched alkanes of at least 4 members (excludes halogenated alkanes) is 2. The molecule has 3 rings (SSSR count). The number of hydrogen-bond donors (Lipinski definition) is 1. The summed E-state index contributed by atoms with van der Waals surface area (Å²) in [5.41, 5.74) is 1.94. The highest BCUT2D eigenvalue weighted by molar-refractivity contribution is 5.92. The predicted molar refractivity (Wildman–Crippen MR) is 95.8 cm³/mol. The number of aromatic nitrogens is 4. The summed E-state index contributed by atoms with van der Waals surface area (Å²) in [7, 11) is 1.60. The molecule has 1 aliphatic heterocycles. The Morgan fingerprint density at radius 2 is 2.12 bits per heavy atom. The van der Waals surface area contributed by atoms with Crippen molar-refractivity contribution >= 4 is 11.9 Å². The average Bonchev–Trinajstić information content (AvgIpc) is 3.11. The Kier molecular flexibility index (Phi) is 5.50. The van der Waals surface area contributed by atoms with Crippen molar-refractivity contribution in [2.24, 2.45) is 0 Å². The maximum absolute atomic E-state index is 12.8. The van der Waals surface area contributed by atoms with Crippen molar-refractivity contribution in [2.75, 3.05) is 19.0 Å². The van der Waals surface area contributed by atoms with Gasteiger partial charge in [-0.15, -0.1) is 0 Å². The first-order valence-electron chi connectivity index (χ1n) is 8.73. The molecule has 0 spiro atoms. The molecular formula is C18H23N5O3. The normalized spacial score (nSPS) is 16.0. The number of benzene rings is 1. The third-order valence-corrected chi connectivity index (χ3v) is 4.35. The molecule has 2 aromatic rings. The van der Waals surface area contributed by atoms with Crippen molar-refractivity contribution in [1.82, 2.24) is 20.2 Å². The molecule has 0 fully saturated rings. The number of carbonyl (C=O) groups is 1. The summed E-state index contributed by atoms with van der Waals surface area (Å²) in [4.78, 5) is 12.8. The molecule has 26 heavy (non-hydrogen) atoms. The summed E-state index contributed by atoms with van der Waals surface area (Å²) in [5.74, 6) is 0.758. The summed E-state index contributed by atoms with van der Waals surface area (Å²) >= 11 is 0. The van der Waals surface area contributed by atoms with Gasteiger partial charge in [-0.25, -0.2) is 4.79 Å². The molecule has 138 valence electrons. The van der Waals surface area contributed by atoms with Crippen molar-refractivity contribution in [3.63, 3.8) is 0 Å². The molecule has 2 heterocycles. The van der Waals surface area contributed by atoms with Gasteiger partial charge in [0.2, 0.25) is 5.95 Å².